The van der Waals surface area contributed by atoms with Gasteiger partial charge in [0.05, 0.1) is 11.4 Å². The highest BCUT2D eigenvalue weighted by Gasteiger charge is 2.19. The molecule has 1 heterocycles. The number of rotatable bonds is 7. The Morgan fingerprint density at radius 2 is 1.95 bits per heavy atom. The highest BCUT2D eigenvalue weighted by atomic mass is 32.2. The standard InChI is InChI=1S/C13H20N2O4S2/c1-8(2)11-14-9(3)10(13(16)17)12(15-11)20-6-5-7-21(4,18)19/h8H,5-7H2,1-4H3,(H,16,17). The molecule has 0 fully saturated rings. The molecule has 1 aromatic rings. The van der Waals surface area contributed by atoms with Crippen LogP contribution in [0.4, 0.5) is 0 Å². The average Bonchev–Trinajstić information content (AvgIpc) is 2.32. The summed E-state index contributed by atoms with van der Waals surface area (Å²) in [7, 11) is -3.00. The fraction of sp³-hybridized carbons (Fsp3) is 0.615. The van der Waals surface area contributed by atoms with Crippen molar-refractivity contribution < 1.29 is 18.3 Å². The Balaban J connectivity index is 2.95. The zero-order valence-corrected chi connectivity index (χ0v) is 14.2. The maximum Gasteiger partial charge on any atom is 0.340 e. The maximum absolute atomic E-state index is 11.3. The quantitative estimate of drug-likeness (QED) is 0.464. The topological polar surface area (TPSA) is 97.2 Å². The number of sulfone groups is 1. The van der Waals surface area contributed by atoms with E-state index in [9.17, 15) is 18.3 Å². The first kappa shape index (κ1) is 17.9. The number of carboxylic acid groups (broad SMARTS) is 1. The Kier molecular flexibility index (Phi) is 6.15. The summed E-state index contributed by atoms with van der Waals surface area (Å²) in [4.78, 5) is 19.9. The molecule has 118 valence electrons. The lowest BCUT2D eigenvalue weighted by Crippen LogP contribution is -2.11. The minimum atomic E-state index is -3.00. The number of hydrogen-bond acceptors (Lipinski definition) is 6. The normalized spacial score (nSPS) is 11.9. The zero-order valence-electron chi connectivity index (χ0n) is 12.6. The van der Waals surface area contributed by atoms with Gasteiger partial charge in [-0.25, -0.2) is 23.2 Å². The van der Waals surface area contributed by atoms with Crippen molar-refractivity contribution in [1.82, 2.24) is 9.97 Å². The number of aryl methyl sites for hydroxylation is 1. The Hall–Kier alpha value is -1.15. The van der Waals surface area contributed by atoms with Crippen LogP contribution in [-0.2, 0) is 9.84 Å². The third kappa shape index (κ3) is 5.62. The number of hydrogen-bond donors (Lipinski definition) is 1. The minimum Gasteiger partial charge on any atom is -0.478 e. The summed E-state index contributed by atoms with van der Waals surface area (Å²) in [5.74, 6) is 0.226. The van der Waals surface area contributed by atoms with Gasteiger partial charge in [0, 0.05) is 17.9 Å². The van der Waals surface area contributed by atoms with Gasteiger partial charge in [0.2, 0.25) is 0 Å². The van der Waals surface area contributed by atoms with Gasteiger partial charge in [0.15, 0.2) is 0 Å². The van der Waals surface area contributed by atoms with E-state index in [0.29, 0.717) is 28.7 Å². The van der Waals surface area contributed by atoms with Gasteiger partial charge >= 0.3 is 5.97 Å². The van der Waals surface area contributed by atoms with Gasteiger partial charge in [-0.2, -0.15) is 0 Å². The van der Waals surface area contributed by atoms with Crippen LogP contribution < -0.4 is 0 Å². The predicted octanol–water partition coefficient (Wildman–Crippen LogP) is 2.13. The van der Waals surface area contributed by atoms with E-state index >= 15 is 0 Å². The van der Waals surface area contributed by atoms with Crippen molar-refractivity contribution in [2.75, 3.05) is 17.8 Å². The van der Waals surface area contributed by atoms with Crippen LogP contribution in [0.3, 0.4) is 0 Å². The molecule has 0 spiro atoms. The van der Waals surface area contributed by atoms with Crippen molar-refractivity contribution in [3.8, 4) is 0 Å². The largest absolute Gasteiger partial charge is 0.478 e. The van der Waals surface area contributed by atoms with Crippen LogP contribution in [0.2, 0.25) is 0 Å². The van der Waals surface area contributed by atoms with Gasteiger partial charge in [-0.15, -0.1) is 11.8 Å². The third-order valence-electron chi connectivity index (χ3n) is 2.70. The number of aromatic nitrogens is 2. The van der Waals surface area contributed by atoms with Crippen molar-refractivity contribution in [3.63, 3.8) is 0 Å². The number of thioether (sulfide) groups is 1. The first-order valence-corrected chi connectivity index (χ1v) is 9.58. The number of aromatic carboxylic acids is 1. The molecule has 0 saturated carbocycles. The highest BCUT2D eigenvalue weighted by Crippen LogP contribution is 2.25. The molecule has 0 atom stereocenters. The van der Waals surface area contributed by atoms with E-state index in [4.69, 9.17) is 0 Å². The van der Waals surface area contributed by atoms with Gasteiger partial charge in [-0.1, -0.05) is 13.8 Å². The van der Waals surface area contributed by atoms with E-state index < -0.39 is 15.8 Å². The van der Waals surface area contributed by atoms with Crippen LogP contribution in [0.5, 0.6) is 0 Å². The van der Waals surface area contributed by atoms with Crippen molar-refractivity contribution >= 4 is 27.6 Å². The first-order valence-electron chi connectivity index (χ1n) is 6.54. The molecule has 0 aliphatic carbocycles. The maximum atomic E-state index is 11.3. The average molecular weight is 332 g/mol. The predicted molar refractivity (Wildman–Crippen MR) is 82.9 cm³/mol. The molecule has 0 unspecified atom stereocenters. The summed E-state index contributed by atoms with van der Waals surface area (Å²) in [6, 6.07) is 0. The van der Waals surface area contributed by atoms with Crippen LogP contribution in [0.1, 0.15) is 48.1 Å². The highest BCUT2D eigenvalue weighted by molar-refractivity contribution is 7.99. The molecule has 8 heteroatoms. The minimum absolute atomic E-state index is 0.0868. The molecular weight excluding hydrogens is 312 g/mol. The van der Waals surface area contributed by atoms with Gasteiger partial charge in [-0.3, -0.25) is 0 Å². The second-order valence-corrected chi connectivity index (χ2v) is 8.48. The number of carbonyl (C=O) groups is 1. The summed E-state index contributed by atoms with van der Waals surface area (Å²) >= 11 is 1.27. The lowest BCUT2D eigenvalue weighted by atomic mass is 10.2. The lowest BCUT2D eigenvalue weighted by molar-refractivity contribution is 0.0690. The monoisotopic (exact) mass is 332 g/mol. The van der Waals surface area contributed by atoms with Crippen LogP contribution in [0.25, 0.3) is 0 Å². The number of carboxylic acids is 1. The van der Waals surface area contributed by atoms with Crippen LogP contribution in [-0.4, -0.2) is 47.2 Å². The lowest BCUT2D eigenvalue weighted by Gasteiger charge is -2.11. The van der Waals surface area contributed by atoms with Crippen molar-refractivity contribution in [2.45, 2.75) is 38.1 Å². The Morgan fingerprint density at radius 1 is 1.33 bits per heavy atom. The molecule has 0 bridgehead atoms. The summed E-state index contributed by atoms with van der Waals surface area (Å²) in [6.07, 6.45) is 1.65. The third-order valence-corrected chi connectivity index (χ3v) is 4.79. The van der Waals surface area contributed by atoms with Crippen molar-refractivity contribution in [3.05, 3.63) is 17.1 Å². The van der Waals surface area contributed by atoms with E-state index in [1.165, 1.54) is 18.0 Å². The summed E-state index contributed by atoms with van der Waals surface area (Å²) in [5, 5.41) is 9.68. The van der Waals surface area contributed by atoms with E-state index in [0.717, 1.165) is 0 Å². The molecule has 0 saturated heterocycles. The summed E-state index contributed by atoms with van der Waals surface area (Å²) in [5.41, 5.74) is 0.538. The van der Waals surface area contributed by atoms with E-state index in [2.05, 4.69) is 9.97 Å². The summed E-state index contributed by atoms with van der Waals surface area (Å²) < 4.78 is 22.2. The molecule has 1 aromatic heterocycles. The van der Waals surface area contributed by atoms with E-state index in [1.54, 1.807) is 6.92 Å². The molecule has 0 aromatic carbocycles. The Labute approximate surface area is 129 Å². The second kappa shape index (κ2) is 7.22. The van der Waals surface area contributed by atoms with Crippen LogP contribution in [0, 0.1) is 6.92 Å². The fourth-order valence-electron chi connectivity index (χ4n) is 1.67. The molecular formula is C13H20N2O4S2. The van der Waals surface area contributed by atoms with Crippen LogP contribution >= 0.6 is 11.8 Å². The molecule has 0 aliphatic heterocycles. The van der Waals surface area contributed by atoms with Crippen LogP contribution in [0.15, 0.2) is 5.03 Å². The van der Waals surface area contributed by atoms with Gasteiger partial charge in [0.25, 0.3) is 0 Å². The molecule has 21 heavy (non-hydrogen) atoms. The molecule has 0 aliphatic rings. The van der Waals surface area contributed by atoms with Gasteiger partial charge in [-0.05, 0) is 13.3 Å². The smallest absolute Gasteiger partial charge is 0.340 e. The molecule has 1 N–H and O–H groups in total. The molecule has 1 rings (SSSR count). The van der Waals surface area contributed by atoms with E-state index in [-0.39, 0.29) is 17.2 Å². The van der Waals surface area contributed by atoms with Crippen molar-refractivity contribution in [2.24, 2.45) is 0 Å². The molecule has 0 radical (unpaired) electrons. The number of nitrogens with zero attached hydrogens (tertiary/aromatic N) is 2. The van der Waals surface area contributed by atoms with Gasteiger partial charge in [0.1, 0.15) is 26.3 Å². The second-order valence-electron chi connectivity index (χ2n) is 5.14. The zero-order chi connectivity index (χ0) is 16.2. The SMILES string of the molecule is Cc1nc(C(C)C)nc(SCCCS(C)(=O)=O)c1C(=O)O. The fourth-order valence-corrected chi connectivity index (χ4v) is 3.54. The Bertz CT molecular complexity index is 627. The van der Waals surface area contributed by atoms with Gasteiger partial charge < -0.3 is 5.11 Å². The molecule has 0 amide bonds. The summed E-state index contributed by atoms with van der Waals surface area (Å²) in [6.45, 7) is 5.53. The first-order chi connectivity index (χ1) is 9.61. The van der Waals surface area contributed by atoms with Crippen molar-refractivity contribution in [1.29, 1.82) is 0 Å². The Morgan fingerprint density at radius 3 is 2.43 bits per heavy atom. The van der Waals surface area contributed by atoms with E-state index in [1.807, 2.05) is 13.8 Å². The molecule has 6 nitrogen and oxygen atoms in total.